The molecule has 1 aromatic carbocycles. The van der Waals surface area contributed by atoms with Crippen LogP contribution in [0.5, 0.6) is 0 Å². The smallest absolute Gasteiger partial charge is 0.230 e. The van der Waals surface area contributed by atoms with E-state index in [0.29, 0.717) is 6.04 Å². The molecule has 2 heterocycles. The Bertz CT molecular complexity index is 1070. The normalized spacial score (nSPS) is 14.7. The Morgan fingerprint density at radius 2 is 1.97 bits per heavy atom. The van der Waals surface area contributed by atoms with Gasteiger partial charge in [0.2, 0.25) is 5.91 Å². The molecular formula is C24H30N4OS2. The summed E-state index contributed by atoms with van der Waals surface area (Å²) in [5.74, 6) is 0.719. The number of rotatable bonds is 6. The van der Waals surface area contributed by atoms with Gasteiger partial charge in [-0.05, 0) is 51.3 Å². The van der Waals surface area contributed by atoms with Crippen LogP contribution in [0.4, 0.5) is 10.8 Å². The second kappa shape index (κ2) is 9.57. The Balaban J connectivity index is 1.52. The van der Waals surface area contributed by atoms with Gasteiger partial charge in [-0.15, -0.1) is 11.3 Å². The van der Waals surface area contributed by atoms with Crippen molar-refractivity contribution in [2.75, 3.05) is 4.90 Å². The van der Waals surface area contributed by atoms with Crippen LogP contribution in [-0.4, -0.2) is 20.4 Å². The van der Waals surface area contributed by atoms with E-state index in [4.69, 9.17) is 9.97 Å². The lowest BCUT2D eigenvalue weighted by atomic mass is 9.95. The molecule has 1 amide bonds. The van der Waals surface area contributed by atoms with Crippen molar-refractivity contribution in [1.29, 1.82) is 0 Å². The summed E-state index contributed by atoms with van der Waals surface area (Å²) in [7, 11) is 0. The van der Waals surface area contributed by atoms with E-state index < -0.39 is 0 Å². The van der Waals surface area contributed by atoms with Gasteiger partial charge in [-0.1, -0.05) is 43.2 Å². The van der Waals surface area contributed by atoms with E-state index in [1.165, 1.54) is 49.1 Å². The second-order valence-corrected chi connectivity index (χ2v) is 10.1. The van der Waals surface area contributed by atoms with Gasteiger partial charge in [0.15, 0.2) is 10.3 Å². The van der Waals surface area contributed by atoms with Crippen molar-refractivity contribution < 1.29 is 4.79 Å². The van der Waals surface area contributed by atoms with Crippen LogP contribution < -0.4 is 4.90 Å². The number of thioether (sulfide) groups is 1. The molecule has 5 nitrogen and oxygen atoms in total. The minimum Gasteiger partial charge on any atom is -0.320 e. The van der Waals surface area contributed by atoms with Crippen LogP contribution in [0, 0.1) is 20.8 Å². The van der Waals surface area contributed by atoms with E-state index in [2.05, 4.69) is 23.8 Å². The monoisotopic (exact) mass is 454 g/mol. The van der Waals surface area contributed by atoms with Crippen LogP contribution in [0.2, 0.25) is 0 Å². The third kappa shape index (κ3) is 4.88. The van der Waals surface area contributed by atoms with Gasteiger partial charge in [0.25, 0.3) is 0 Å². The van der Waals surface area contributed by atoms with Gasteiger partial charge < -0.3 is 4.57 Å². The van der Waals surface area contributed by atoms with Crippen LogP contribution in [0.1, 0.15) is 67.7 Å². The van der Waals surface area contributed by atoms with E-state index in [9.17, 15) is 4.79 Å². The van der Waals surface area contributed by atoms with Gasteiger partial charge in [0, 0.05) is 29.8 Å². The number of amides is 1. The van der Waals surface area contributed by atoms with Crippen LogP contribution >= 0.6 is 23.1 Å². The summed E-state index contributed by atoms with van der Waals surface area (Å²) in [6, 6.07) is 8.55. The lowest BCUT2D eigenvalue weighted by Gasteiger charge is -2.26. The Kier molecular flexibility index (Phi) is 6.82. The molecule has 3 aromatic rings. The number of hydrogen-bond acceptors (Lipinski definition) is 5. The first-order valence-corrected chi connectivity index (χ1v) is 12.8. The molecule has 0 N–H and O–H groups in total. The number of carbonyl (C=O) groups is 1. The zero-order chi connectivity index (χ0) is 22.0. The van der Waals surface area contributed by atoms with E-state index >= 15 is 0 Å². The van der Waals surface area contributed by atoms with E-state index in [-0.39, 0.29) is 5.91 Å². The molecule has 4 rings (SSSR count). The molecule has 0 unspecified atom stereocenters. The molecule has 31 heavy (non-hydrogen) atoms. The van der Waals surface area contributed by atoms with Crippen LogP contribution in [0.25, 0.3) is 0 Å². The second-order valence-electron chi connectivity index (χ2n) is 8.33. The molecule has 1 aliphatic rings. The SMILES string of the molecule is CC(=O)N(c1cccc(C)c1)c1nc(CSc2nc(C)c(C)n2C2CCCCC2)cs1. The van der Waals surface area contributed by atoms with Gasteiger partial charge in [-0.2, -0.15) is 0 Å². The summed E-state index contributed by atoms with van der Waals surface area (Å²) in [5.41, 5.74) is 5.37. The summed E-state index contributed by atoms with van der Waals surface area (Å²) < 4.78 is 2.46. The molecule has 0 aliphatic heterocycles. The van der Waals surface area contributed by atoms with E-state index in [1.807, 2.05) is 31.2 Å². The molecule has 0 radical (unpaired) electrons. The average molecular weight is 455 g/mol. The maximum absolute atomic E-state index is 12.4. The van der Waals surface area contributed by atoms with Gasteiger partial charge in [0.1, 0.15) is 0 Å². The lowest BCUT2D eigenvalue weighted by molar-refractivity contribution is -0.115. The fourth-order valence-corrected chi connectivity index (χ4v) is 6.31. The van der Waals surface area contributed by atoms with Gasteiger partial charge in [-0.25, -0.2) is 9.97 Å². The maximum atomic E-state index is 12.4. The fourth-order valence-electron chi connectivity index (χ4n) is 4.26. The predicted octanol–water partition coefficient (Wildman–Crippen LogP) is 6.75. The summed E-state index contributed by atoms with van der Waals surface area (Å²) in [4.78, 5) is 23.7. The Hall–Kier alpha value is -2.12. The van der Waals surface area contributed by atoms with E-state index in [1.54, 1.807) is 23.6 Å². The molecule has 164 valence electrons. The van der Waals surface area contributed by atoms with Gasteiger partial charge >= 0.3 is 0 Å². The molecular weight excluding hydrogens is 424 g/mol. The van der Waals surface area contributed by atoms with Crippen LogP contribution in [0.3, 0.4) is 0 Å². The molecule has 1 saturated carbocycles. The van der Waals surface area contributed by atoms with Crippen molar-refractivity contribution in [3.05, 3.63) is 52.3 Å². The predicted molar refractivity (Wildman–Crippen MR) is 129 cm³/mol. The molecule has 0 spiro atoms. The first-order chi connectivity index (χ1) is 14.9. The van der Waals surface area contributed by atoms with Crippen molar-refractivity contribution in [2.24, 2.45) is 0 Å². The Morgan fingerprint density at radius 3 is 2.68 bits per heavy atom. The molecule has 0 saturated heterocycles. The number of nitrogens with zero attached hydrogens (tertiary/aromatic N) is 4. The first kappa shape index (κ1) is 22.1. The number of aromatic nitrogens is 3. The Morgan fingerprint density at radius 1 is 1.19 bits per heavy atom. The lowest BCUT2D eigenvalue weighted by Crippen LogP contribution is -2.22. The highest BCUT2D eigenvalue weighted by atomic mass is 32.2. The van der Waals surface area contributed by atoms with Crippen LogP contribution in [-0.2, 0) is 10.5 Å². The highest BCUT2D eigenvalue weighted by Gasteiger charge is 2.23. The third-order valence-electron chi connectivity index (χ3n) is 5.95. The zero-order valence-corrected chi connectivity index (χ0v) is 20.4. The quantitative estimate of drug-likeness (QED) is 0.387. The topological polar surface area (TPSA) is 51.0 Å². The van der Waals surface area contributed by atoms with Crippen molar-refractivity contribution in [1.82, 2.24) is 14.5 Å². The zero-order valence-electron chi connectivity index (χ0n) is 18.7. The minimum absolute atomic E-state index is 0.0294. The van der Waals surface area contributed by atoms with E-state index in [0.717, 1.165) is 38.7 Å². The van der Waals surface area contributed by atoms with Gasteiger partial charge in [-0.3, -0.25) is 9.69 Å². The summed E-state index contributed by atoms with van der Waals surface area (Å²) >= 11 is 3.27. The molecule has 0 atom stereocenters. The Labute approximate surface area is 192 Å². The molecule has 1 aliphatic carbocycles. The summed E-state index contributed by atoms with van der Waals surface area (Å²) in [5, 5.41) is 3.87. The van der Waals surface area contributed by atoms with Crippen LogP contribution in [0.15, 0.2) is 34.8 Å². The molecule has 7 heteroatoms. The van der Waals surface area contributed by atoms with Crippen molar-refractivity contribution in [2.45, 2.75) is 76.8 Å². The largest absolute Gasteiger partial charge is 0.320 e. The average Bonchev–Trinajstić information content (AvgIpc) is 3.31. The first-order valence-electron chi connectivity index (χ1n) is 10.9. The van der Waals surface area contributed by atoms with Crippen molar-refractivity contribution in [3.63, 3.8) is 0 Å². The number of anilines is 2. The van der Waals surface area contributed by atoms with Gasteiger partial charge in [0.05, 0.1) is 17.1 Å². The summed E-state index contributed by atoms with van der Waals surface area (Å²) in [6.07, 6.45) is 6.45. The highest BCUT2D eigenvalue weighted by molar-refractivity contribution is 7.98. The number of imidazole rings is 1. The summed E-state index contributed by atoms with van der Waals surface area (Å²) in [6.45, 7) is 7.91. The molecule has 0 bridgehead atoms. The molecule has 1 fully saturated rings. The number of benzene rings is 1. The number of carbonyl (C=O) groups excluding carboxylic acids is 1. The van der Waals surface area contributed by atoms with Crippen molar-refractivity contribution >= 4 is 39.8 Å². The maximum Gasteiger partial charge on any atom is 0.230 e. The highest BCUT2D eigenvalue weighted by Crippen LogP contribution is 2.36. The third-order valence-corrected chi connectivity index (χ3v) is 7.81. The molecule has 2 aromatic heterocycles. The standard InChI is InChI=1S/C24H30N4OS2/c1-16-9-8-12-22(13-16)28(19(4)29)24-26-20(15-31-24)14-30-23-25-17(2)18(3)27(23)21-10-6-5-7-11-21/h8-9,12-13,15,21H,5-7,10-11,14H2,1-4H3. The number of aryl methyl sites for hydroxylation is 2. The van der Waals surface area contributed by atoms with Crippen molar-refractivity contribution in [3.8, 4) is 0 Å². The minimum atomic E-state index is -0.0294. The number of thiazole rings is 1. The fraction of sp³-hybridized carbons (Fsp3) is 0.458. The number of hydrogen-bond donors (Lipinski definition) is 0.